The van der Waals surface area contributed by atoms with Crippen LogP contribution in [0.4, 0.5) is 4.79 Å². The second kappa shape index (κ2) is 6.34. The smallest absolute Gasteiger partial charge is 0.338 e. The minimum absolute atomic E-state index is 0.328. The fourth-order valence-electron chi connectivity index (χ4n) is 1.09. The summed E-state index contributed by atoms with van der Waals surface area (Å²) in [6.45, 7) is 1.35. The molecule has 0 heterocycles. The first-order chi connectivity index (χ1) is 8.40. The largest absolute Gasteiger partial charge is 0.449 e. The van der Waals surface area contributed by atoms with Crippen molar-refractivity contribution < 1.29 is 19.1 Å². The molecule has 6 nitrogen and oxygen atoms in total. The molecular formula is C11H11IN2O4. The Morgan fingerprint density at radius 1 is 1.28 bits per heavy atom. The number of nitrogens with two attached hydrogens (primary N) is 1. The highest BCUT2D eigenvalue weighted by Gasteiger charge is 2.19. The maximum absolute atomic E-state index is 11.6. The molecule has 0 fully saturated rings. The van der Waals surface area contributed by atoms with Crippen molar-refractivity contribution in [2.24, 2.45) is 5.73 Å². The highest BCUT2D eigenvalue weighted by molar-refractivity contribution is 14.1. The monoisotopic (exact) mass is 362 g/mol. The minimum Gasteiger partial charge on any atom is -0.449 e. The summed E-state index contributed by atoms with van der Waals surface area (Å²) in [4.78, 5) is 33.4. The molecular weight excluding hydrogens is 351 g/mol. The molecule has 0 aliphatic carbocycles. The summed E-state index contributed by atoms with van der Waals surface area (Å²) in [5, 5.41) is 1.83. The van der Waals surface area contributed by atoms with Crippen LogP contribution in [-0.4, -0.2) is 24.0 Å². The van der Waals surface area contributed by atoms with Crippen molar-refractivity contribution in [3.63, 3.8) is 0 Å². The van der Waals surface area contributed by atoms with Crippen LogP contribution in [0.1, 0.15) is 17.3 Å². The first-order valence-electron chi connectivity index (χ1n) is 4.97. The molecule has 0 unspecified atom stereocenters. The van der Waals surface area contributed by atoms with E-state index in [0.717, 1.165) is 3.57 Å². The van der Waals surface area contributed by atoms with Crippen LogP contribution in [0.2, 0.25) is 0 Å². The van der Waals surface area contributed by atoms with E-state index in [1.54, 1.807) is 24.3 Å². The Labute approximate surface area is 117 Å². The van der Waals surface area contributed by atoms with Gasteiger partial charge in [0, 0.05) is 3.57 Å². The molecule has 18 heavy (non-hydrogen) atoms. The lowest BCUT2D eigenvalue weighted by Crippen LogP contribution is -2.42. The number of esters is 1. The average molecular weight is 362 g/mol. The zero-order chi connectivity index (χ0) is 13.7. The molecule has 0 aromatic heterocycles. The third kappa shape index (κ3) is 4.32. The number of amides is 3. The number of primary amides is 1. The van der Waals surface area contributed by atoms with Gasteiger partial charge in [0.05, 0.1) is 5.56 Å². The normalized spacial score (nSPS) is 11.4. The van der Waals surface area contributed by atoms with Crippen molar-refractivity contribution in [2.45, 2.75) is 13.0 Å². The van der Waals surface area contributed by atoms with Gasteiger partial charge in [-0.25, -0.2) is 9.59 Å². The van der Waals surface area contributed by atoms with Gasteiger partial charge < -0.3 is 10.5 Å². The fourth-order valence-corrected chi connectivity index (χ4v) is 1.45. The summed E-state index contributed by atoms with van der Waals surface area (Å²) in [5.74, 6) is -1.40. The van der Waals surface area contributed by atoms with E-state index >= 15 is 0 Å². The maximum Gasteiger partial charge on any atom is 0.338 e. The van der Waals surface area contributed by atoms with E-state index in [1.807, 2.05) is 5.32 Å². The average Bonchev–Trinajstić information content (AvgIpc) is 2.28. The van der Waals surface area contributed by atoms with Crippen molar-refractivity contribution in [3.05, 3.63) is 33.4 Å². The van der Waals surface area contributed by atoms with E-state index < -0.39 is 24.0 Å². The lowest BCUT2D eigenvalue weighted by atomic mass is 10.2. The molecule has 0 aliphatic heterocycles. The van der Waals surface area contributed by atoms with E-state index in [1.165, 1.54) is 6.92 Å². The Balaban J connectivity index is 2.62. The first kappa shape index (κ1) is 14.4. The van der Waals surface area contributed by atoms with Crippen molar-refractivity contribution >= 4 is 40.5 Å². The fraction of sp³-hybridized carbons (Fsp3) is 0.182. The van der Waals surface area contributed by atoms with Gasteiger partial charge in [0.25, 0.3) is 5.91 Å². The van der Waals surface area contributed by atoms with Crippen LogP contribution in [0, 0.1) is 3.57 Å². The number of nitrogens with one attached hydrogen (secondary N) is 1. The van der Waals surface area contributed by atoms with Crippen LogP contribution < -0.4 is 11.1 Å². The second-order valence-electron chi connectivity index (χ2n) is 3.41. The zero-order valence-corrected chi connectivity index (χ0v) is 11.6. The third-order valence-electron chi connectivity index (χ3n) is 1.98. The highest BCUT2D eigenvalue weighted by atomic mass is 127. The lowest BCUT2D eigenvalue weighted by molar-refractivity contribution is -0.127. The van der Waals surface area contributed by atoms with Gasteiger partial charge in [-0.05, 0) is 53.8 Å². The number of hydrogen-bond donors (Lipinski definition) is 2. The summed E-state index contributed by atoms with van der Waals surface area (Å²) < 4.78 is 5.85. The van der Waals surface area contributed by atoms with Crippen LogP contribution in [-0.2, 0) is 9.53 Å². The zero-order valence-electron chi connectivity index (χ0n) is 9.48. The number of hydrogen-bond acceptors (Lipinski definition) is 4. The Kier molecular flexibility index (Phi) is 5.08. The van der Waals surface area contributed by atoms with Gasteiger partial charge in [-0.1, -0.05) is 0 Å². The maximum atomic E-state index is 11.6. The van der Waals surface area contributed by atoms with Gasteiger partial charge in [0.2, 0.25) is 0 Å². The van der Waals surface area contributed by atoms with Crippen LogP contribution in [0.15, 0.2) is 24.3 Å². The summed E-state index contributed by atoms with van der Waals surface area (Å²) in [5.41, 5.74) is 5.11. The molecule has 1 rings (SSSR count). The predicted molar refractivity (Wildman–Crippen MR) is 71.8 cm³/mol. The number of halogens is 1. The van der Waals surface area contributed by atoms with E-state index in [2.05, 4.69) is 22.6 Å². The quantitative estimate of drug-likeness (QED) is 0.620. The van der Waals surface area contributed by atoms with Crippen LogP contribution >= 0.6 is 22.6 Å². The van der Waals surface area contributed by atoms with E-state index in [0.29, 0.717) is 5.56 Å². The van der Waals surface area contributed by atoms with Crippen LogP contribution in [0.3, 0.4) is 0 Å². The van der Waals surface area contributed by atoms with E-state index in [9.17, 15) is 14.4 Å². The minimum atomic E-state index is -1.09. The molecule has 1 aromatic carbocycles. The van der Waals surface area contributed by atoms with Gasteiger partial charge in [0.15, 0.2) is 6.10 Å². The van der Waals surface area contributed by atoms with Crippen LogP contribution in [0.5, 0.6) is 0 Å². The molecule has 0 spiro atoms. The number of carbonyl (C=O) groups excluding carboxylic acids is 3. The molecule has 7 heteroatoms. The molecule has 0 radical (unpaired) electrons. The van der Waals surface area contributed by atoms with Crippen LogP contribution in [0.25, 0.3) is 0 Å². The van der Waals surface area contributed by atoms with Gasteiger partial charge in [0.1, 0.15) is 0 Å². The Bertz CT molecular complexity index is 472. The van der Waals surface area contributed by atoms with Gasteiger partial charge in [-0.3, -0.25) is 10.1 Å². The SMILES string of the molecule is C[C@H](OC(=O)c1ccc(I)cc1)C(=O)NC(N)=O. The molecule has 3 amide bonds. The Hall–Kier alpha value is -1.64. The molecule has 0 saturated heterocycles. The molecule has 0 bridgehead atoms. The van der Waals surface area contributed by atoms with Gasteiger partial charge >= 0.3 is 12.0 Å². The molecule has 3 N–H and O–H groups in total. The Morgan fingerprint density at radius 3 is 2.33 bits per heavy atom. The highest BCUT2D eigenvalue weighted by Crippen LogP contribution is 2.09. The van der Waals surface area contributed by atoms with Crippen molar-refractivity contribution in [2.75, 3.05) is 0 Å². The summed E-state index contributed by atoms with van der Waals surface area (Å²) in [6, 6.07) is 5.67. The van der Waals surface area contributed by atoms with Gasteiger partial charge in [-0.15, -0.1) is 0 Å². The molecule has 0 aliphatic rings. The number of imide groups is 1. The molecule has 1 atom stereocenters. The summed E-state index contributed by atoms with van der Waals surface area (Å²) in [7, 11) is 0. The topological polar surface area (TPSA) is 98.5 Å². The standard InChI is InChI=1S/C11H11IN2O4/c1-6(9(15)14-11(13)17)18-10(16)7-2-4-8(12)5-3-7/h2-6H,1H3,(H3,13,14,15,17)/t6-/m0/s1. The second-order valence-corrected chi connectivity index (χ2v) is 4.65. The number of benzene rings is 1. The Morgan fingerprint density at radius 2 is 1.83 bits per heavy atom. The van der Waals surface area contributed by atoms with Crippen molar-refractivity contribution in [1.82, 2.24) is 5.32 Å². The number of rotatable bonds is 3. The summed E-state index contributed by atoms with van der Waals surface area (Å²) >= 11 is 2.10. The van der Waals surface area contributed by atoms with Crippen molar-refractivity contribution in [3.8, 4) is 0 Å². The van der Waals surface area contributed by atoms with Gasteiger partial charge in [-0.2, -0.15) is 0 Å². The lowest BCUT2D eigenvalue weighted by Gasteiger charge is -2.11. The number of urea groups is 1. The summed E-state index contributed by atoms with van der Waals surface area (Å²) in [6.07, 6.45) is -1.09. The van der Waals surface area contributed by atoms with Crippen molar-refractivity contribution in [1.29, 1.82) is 0 Å². The first-order valence-corrected chi connectivity index (χ1v) is 6.05. The molecule has 1 aromatic rings. The third-order valence-corrected chi connectivity index (χ3v) is 2.70. The molecule has 0 saturated carbocycles. The molecule has 96 valence electrons. The number of ether oxygens (including phenoxy) is 1. The van der Waals surface area contributed by atoms with E-state index in [4.69, 9.17) is 10.5 Å². The predicted octanol–water partition coefficient (Wildman–Crippen LogP) is 1.03. The van der Waals surface area contributed by atoms with E-state index in [-0.39, 0.29) is 0 Å². The number of carbonyl (C=O) groups is 3.